The van der Waals surface area contributed by atoms with E-state index in [2.05, 4.69) is 25.4 Å². The van der Waals surface area contributed by atoms with Crippen LogP contribution in [0.3, 0.4) is 0 Å². The molecule has 0 radical (unpaired) electrons. The van der Waals surface area contributed by atoms with Gasteiger partial charge in [0.1, 0.15) is 5.82 Å². The molecule has 1 saturated heterocycles. The van der Waals surface area contributed by atoms with Crippen LogP contribution in [0.25, 0.3) is 11.3 Å². The summed E-state index contributed by atoms with van der Waals surface area (Å²) in [6.45, 7) is 3.46. The maximum absolute atomic E-state index is 12.7. The number of carbonyl (C=O) groups is 1. The van der Waals surface area contributed by atoms with Crippen LogP contribution in [-0.2, 0) is 4.79 Å². The van der Waals surface area contributed by atoms with E-state index < -0.39 is 0 Å². The van der Waals surface area contributed by atoms with Crippen molar-refractivity contribution in [3.8, 4) is 11.3 Å². The zero-order chi connectivity index (χ0) is 20.2. The Morgan fingerprint density at radius 2 is 1.97 bits per heavy atom. The van der Waals surface area contributed by atoms with Gasteiger partial charge in [0.05, 0.1) is 11.6 Å². The van der Waals surface area contributed by atoms with Crippen molar-refractivity contribution >= 4 is 29.1 Å². The number of piperidine rings is 1. The van der Waals surface area contributed by atoms with E-state index in [0.717, 1.165) is 42.0 Å². The van der Waals surface area contributed by atoms with Gasteiger partial charge in [-0.3, -0.25) is 4.79 Å². The number of anilines is 2. The molecule has 1 aliphatic rings. The minimum atomic E-state index is -0.108. The van der Waals surface area contributed by atoms with Gasteiger partial charge >= 0.3 is 0 Å². The van der Waals surface area contributed by atoms with Gasteiger partial charge in [-0.25, -0.2) is 4.98 Å². The number of nitrogens with one attached hydrogen (secondary N) is 1. The molecule has 0 aliphatic carbocycles. The van der Waals surface area contributed by atoms with E-state index in [1.54, 1.807) is 6.20 Å². The van der Waals surface area contributed by atoms with Gasteiger partial charge in [0.25, 0.3) is 0 Å². The van der Waals surface area contributed by atoms with Crippen molar-refractivity contribution in [2.45, 2.75) is 19.8 Å². The van der Waals surface area contributed by atoms with E-state index in [1.807, 2.05) is 55.5 Å². The highest BCUT2D eigenvalue weighted by atomic mass is 35.5. The van der Waals surface area contributed by atoms with Crippen molar-refractivity contribution in [3.63, 3.8) is 0 Å². The minimum Gasteiger partial charge on any atom is -0.354 e. The molecule has 1 aromatic carbocycles. The fourth-order valence-electron chi connectivity index (χ4n) is 3.50. The SMILES string of the molecule is Cc1ccnc(NC(=O)C2CCCN(c3ccc(-c4ccc(Cl)cc4)nn3)C2)c1. The Bertz CT molecular complexity index is 991. The Hall–Kier alpha value is -2.99. The molecule has 3 aromatic rings. The molecule has 4 rings (SSSR count). The molecule has 1 fully saturated rings. The topological polar surface area (TPSA) is 71.0 Å². The number of pyridine rings is 1. The monoisotopic (exact) mass is 407 g/mol. The van der Waals surface area contributed by atoms with Crippen LogP contribution in [0.2, 0.25) is 5.02 Å². The summed E-state index contributed by atoms with van der Waals surface area (Å²) < 4.78 is 0. The lowest BCUT2D eigenvalue weighted by atomic mass is 9.97. The first-order valence-electron chi connectivity index (χ1n) is 9.66. The summed E-state index contributed by atoms with van der Waals surface area (Å²) in [6, 6.07) is 15.2. The molecule has 7 heteroatoms. The fourth-order valence-corrected chi connectivity index (χ4v) is 3.63. The highest BCUT2D eigenvalue weighted by Crippen LogP contribution is 2.25. The van der Waals surface area contributed by atoms with Crippen LogP contribution in [0.5, 0.6) is 0 Å². The van der Waals surface area contributed by atoms with Crippen molar-refractivity contribution in [1.29, 1.82) is 0 Å². The van der Waals surface area contributed by atoms with Crippen LogP contribution in [0.1, 0.15) is 18.4 Å². The Labute approximate surface area is 174 Å². The van der Waals surface area contributed by atoms with Crippen molar-refractivity contribution < 1.29 is 4.79 Å². The summed E-state index contributed by atoms with van der Waals surface area (Å²) in [5, 5.41) is 12.4. The van der Waals surface area contributed by atoms with Gasteiger partial charge in [-0.2, -0.15) is 0 Å². The number of rotatable bonds is 4. The van der Waals surface area contributed by atoms with Gasteiger partial charge in [0.2, 0.25) is 5.91 Å². The van der Waals surface area contributed by atoms with E-state index in [0.29, 0.717) is 17.4 Å². The van der Waals surface area contributed by atoms with Gasteiger partial charge in [0.15, 0.2) is 5.82 Å². The van der Waals surface area contributed by atoms with Gasteiger partial charge in [-0.1, -0.05) is 23.7 Å². The summed E-state index contributed by atoms with van der Waals surface area (Å²) in [4.78, 5) is 19.0. The van der Waals surface area contributed by atoms with Gasteiger partial charge in [-0.15, -0.1) is 10.2 Å². The van der Waals surface area contributed by atoms with E-state index in [1.165, 1.54) is 0 Å². The Morgan fingerprint density at radius 1 is 1.14 bits per heavy atom. The normalized spacial score (nSPS) is 16.5. The summed E-state index contributed by atoms with van der Waals surface area (Å²) in [5.74, 6) is 1.27. The molecule has 3 heterocycles. The smallest absolute Gasteiger partial charge is 0.230 e. The number of aryl methyl sites for hydroxylation is 1. The summed E-state index contributed by atoms with van der Waals surface area (Å²) in [5.41, 5.74) is 2.83. The Balaban J connectivity index is 1.42. The lowest BCUT2D eigenvalue weighted by molar-refractivity contribution is -0.120. The minimum absolute atomic E-state index is 0.00135. The molecule has 1 unspecified atom stereocenters. The molecule has 1 amide bonds. The predicted molar refractivity (Wildman–Crippen MR) is 115 cm³/mol. The van der Waals surface area contributed by atoms with Crippen LogP contribution in [0.15, 0.2) is 54.7 Å². The highest BCUT2D eigenvalue weighted by molar-refractivity contribution is 6.30. The quantitative estimate of drug-likeness (QED) is 0.695. The number of hydrogen-bond donors (Lipinski definition) is 1. The molecule has 1 N–H and O–H groups in total. The van der Waals surface area contributed by atoms with Crippen molar-refractivity contribution in [1.82, 2.24) is 15.2 Å². The second-order valence-corrected chi connectivity index (χ2v) is 7.71. The number of aromatic nitrogens is 3. The summed E-state index contributed by atoms with van der Waals surface area (Å²) >= 11 is 5.94. The summed E-state index contributed by atoms with van der Waals surface area (Å²) in [6.07, 6.45) is 3.49. The largest absolute Gasteiger partial charge is 0.354 e. The van der Waals surface area contributed by atoms with Crippen LogP contribution in [-0.4, -0.2) is 34.2 Å². The number of hydrogen-bond acceptors (Lipinski definition) is 5. The standard InChI is InChI=1S/C22H22ClN5O/c1-15-10-11-24-20(13-15)25-22(29)17-3-2-12-28(14-17)21-9-8-19(26-27-21)16-4-6-18(23)7-5-16/h4-11,13,17H,2-3,12,14H2,1H3,(H,24,25,29). The van der Waals surface area contributed by atoms with Crippen LogP contribution in [0.4, 0.5) is 11.6 Å². The van der Waals surface area contributed by atoms with Crippen molar-refractivity contribution in [3.05, 3.63) is 65.3 Å². The molecular formula is C22H22ClN5O. The van der Waals surface area contributed by atoms with E-state index in [4.69, 9.17) is 11.6 Å². The molecule has 6 nitrogen and oxygen atoms in total. The molecule has 0 bridgehead atoms. The zero-order valence-corrected chi connectivity index (χ0v) is 16.9. The zero-order valence-electron chi connectivity index (χ0n) is 16.2. The second-order valence-electron chi connectivity index (χ2n) is 7.28. The first-order chi connectivity index (χ1) is 14.1. The molecular weight excluding hydrogens is 386 g/mol. The number of nitrogens with zero attached hydrogens (tertiary/aromatic N) is 4. The fraction of sp³-hybridized carbons (Fsp3) is 0.273. The molecule has 1 aliphatic heterocycles. The van der Waals surface area contributed by atoms with E-state index in [9.17, 15) is 4.79 Å². The molecule has 0 saturated carbocycles. The predicted octanol–water partition coefficient (Wildman–Crippen LogP) is 4.36. The third kappa shape index (κ3) is 4.71. The van der Waals surface area contributed by atoms with Gasteiger partial charge in [-0.05, 0) is 61.7 Å². The number of carbonyl (C=O) groups excluding carboxylic acids is 1. The van der Waals surface area contributed by atoms with Crippen LogP contribution in [0, 0.1) is 12.8 Å². The Morgan fingerprint density at radius 3 is 2.69 bits per heavy atom. The molecule has 148 valence electrons. The van der Waals surface area contributed by atoms with E-state index >= 15 is 0 Å². The first kappa shape index (κ1) is 19.3. The van der Waals surface area contributed by atoms with E-state index in [-0.39, 0.29) is 11.8 Å². The van der Waals surface area contributed by atoms with Crippen molar-refractivity contribution in [2.75, 3.05) is 23.3 Å². The Kier molecular flexibility index (Phi) is 5.71. The maximum atomic E-state index is 12.7. The van der Waals surface area contributed by atoms with Crippen LogP contribution < -0.4 is 10.2 Å². The third-order valence-electron chi connectivity index (χ3n) is 5.07. The molecule has 29 heavy (non-hydrogen) atoms. The number of amides is 1. The third-order valence-corrected chi connectivity index (χ3v) is 5.33. The average molecular weight is 408 g/mol. The molecule has 0 spiro atoms. The molecule has 2 aromatic heterocycles. The van der Waals surface area contributed by atoms with Crippen molar-refractivity contribution in [2.24, 2.45) is 5.92 Å². The van der Waals surface area contributed by atoms with Gasteiger partial charge < -0.3 is 10.2 Å². The van der Waals surface area contributed by atoms with Crippen LogP contribution >= 0.6 is 11.6 Å². The number of benzene rings is 1. The van der Waals surface area contributed by atoms with Gasteiger partial charge in [0, 0.05) is 29.9 Å². The maximum Gasteiger partial charge on any atom is 0.230 e. The summed E-state index contributed by atoms with van der Waals surface area (Å²) in [7, 11) is 0. The lowest BCUT2D eigenvalue weighted by Crippen LogP contribution is -2.41. The average Bonchev–Trinajstić information content (AvgIpc) is 2.74. The molecule has 1 atom stereocenters. The first-order valence-corrected chi connectivity index (χ1v) is 10.0. The highest BCUT2D eigenvalue weighted by Gasteiger charge is 2.27. The lowest BCUT2D eigenvalue weighted by Gasteiger charge is -2.32. The second kappa shape index (κ2) is 8.57. The number of halogens is 1.